The molecule has 0 aromatic heterocycles. The van der Waals surface area contributed by atoms with Gasteiger partial charge in [0.2, 0.25) is 0 Å². The van der Waals surface area contributed by atoms with Crippen molar-refractivity contribution in [2.75, 3.05) is 24.6 Å². The first-order chi connectivity index (χ1) is 8.54. The fraction of sp³-hybridized carbons (Fsp3) is 1.00. The van der Waals surface area contributed by atoms with Gasteiger partial charge >= 0.3 is 115 Å². The third-order valence-electron chi connectivity index (χ3n) is 4.28. The van der Waals surface area contributed by atoms with Gasteiger partial charge in [0.1, 0.15) is 0 Å². The minimum Gasteiger partial charge on any atom is -0.269 e. The van der Waals surface area contributed by atoms with Crippen molar-refractivity contribution in [2.24, 2.45) is 0 Å². The van der Waals surface area contributed by atoms with Gasteiger partial charge in [-0.25, -0.2) is 0 Å². The topological polar surface area (TPSA) is 0 Å². The van der Waals surface area contributed by atoms with Crippen LogP contribution in [0.2, 0.25) is 0 Å². The number of rotatable bonds is 12. The molecule has 0 aromatic rings. The average Bonchev–Trinajstić information content (AvgIpc) is 2.40. The maximum atomic E-state index is 16.1. The first-order valence-electron chi connectivity index (χ1n) is 8.26. The Morgan fingerprint density at radius 2 is 0.789 bits per heavy atom. The zero-order valence-corrected chi connectivity index (χ0v) is 14.6. The van der Waals surface area contributed by atoms with E-state index in [1.165, 1.54) is 0 Å². The van der Waals surface area contributed by atoms with Gasteiger partial charge in [-0.3, -0.25) is 4.70 Å². The molecule has 0 nitrogen and oxygen atoms in total. The van der Waals surface area contributed by atoms with Gasteiger partial charge < -0.3 is 0 Å². The molecule has 19 heavy (non-hydrogen) atoms. The second kappa shape index (κ2) is 11.0. The van der Waals surface area contributed by atoms with E-state index in [9.17, 15) is 0 Å². The predicted molar refractivity (Wildman–Crippen MR) is 89.6 cm³/mol. The number of hydrogen-bond donors (Lipinski definition) is 0. The summed E-state index contributed by atoms with van der Waals surface area (Å²) < 4.78 is 16.1. The summed E-state index contributed by atoms with van der Waals surface area (Å²) in [6.45, 7) is 5.92. The molecule has 0 aliphatic rings. The summed E-state index contributed by atoms with van der Waals surface area (Å²) >= 11 is 0. The summed E-state index contributed by atoms with van der Waals surface area (Å²) in [6.07, 6.45) is 12.7. The van der Waals surface area contributed by atoms with Crippen LogP contribution >= 0.6 is 6.91 Å². The van der Waals surface area contributed by atoms with Gasteiger partial charge in [0.25, 0.3) is 0 Å². The van der Waals surface area contributed by atoms with Crippen molar-refractivity contribution < 1.29 is 8.90 Å². The molecule has 0 aliphatic carbocycles. The maximum absolute atomic E-state index is 16.1. The van der Waals surface area contributed by atoms with E-state index in [0.717, 1.165) is 76.0 Å². The van der Waals surface area contributed by atoms with Crippen molar-refractivity contribution in [3.8, 4) is 0 Å². The zero-order chi connectivity index (χ0) is 13.9. The van der Waals surface area contributed by atoms with Crippen LogP contribution in [-0.2, 0) is 0 Å². The van der Waals surface area contributed by atoms with E-state index in [2.05, 4.69) is 27.7 Å². The van der Waals surface area contributed by atoms with Crippen LogP contribution in [-0.4, -0.2) is 24.6 Å². The second-order valence-corrected chi connectivity index (χ2v) is 11.6. The Balaban J connectivity index is 0. The molecule has 0 spiro atoms. The first kappa shape index (κ1) is 21.6. The van der Waals surface area contributed by atoms with Crippen LogP contribution in [0, 0.1) is 0 Å². The third-order valence-corrected chi connectivity index (χ3v) is 10.0. The van der Waals surface area contributed by atoms with E-state index >= 15 is 4.20 Å². The molecule has 0 unspecified atom stereocenters. The minimum absolute atomic E-state index is 0. The molecule has 0 atom stereocenters. The van der Waals surface area contributed by atoms with Crippen LogP contribution < -0.4 is 0 Å². The molecule has 0 aromatic carbocycles. The molecular formula is C16H37F2P. The van der Waals surface area contributed by atoms with Crippen molar-refractivity contribution in [3.63, 3.8) is 0 Å². The molecule has 0 N–H and O–H groups in total. The summed E-state index contributed by atoms with van der Waals surface area (Å²) in [7, 11) is 0. The molecule has 0 heterocycles. The van der Waals surface area contributed by atoms with Gasteiger partial charge in [-0.1, -0.05) is 0 Å². The summed E-state index contributed by atoms with van der Waals surface area (Å²) in [4.78, 5) is 0. The van der Waals surface area contributed by atoms with Gasteiger partial charge in [-0.05, 0) is 0 Å². The largest absolute Gasteiger partial charge is 0.269 e. The van der Waals surface area contributed by atoms with Gasteiger partial charge in [0.15, 0.2) is 0 Å². The Kier molecular flexibility index (Phi) is 12.5. The van der Waals surface area contributed by atoms with Crippen molar-refractivity contribution in [3.05, 3.63) is 0 Å². The zero-order valence-electron chi connectivity index (χ0n) is 13.7. The summed E-state index contributed by atoms with van der Waals surface area (Å²) in [6, 6.07) is 0. The van der Waals surface area contributed by atoms with E-state index in [-0.39, 0.29) is 4.70 Å². The van der Waals surface area contributed by atoms with Crippen LogP contribution in [0.5, 0.6) is 0 Å². The molecule has 0 fully saturated rings. The van der Waals surface area contributed by atoms with Crippen molar-refractivity contribution in [2.45, 2.75) is 79.1 Å². The van der Waals surface area contributed by atoms with Crippen LogP contribution in [0.4, 0.5) is 8.90 Å². The molecule has 0 saturated heterocycles. The minimum atomic E-state index is -2.86. The Hall–Kier alpha value is 0.290. The second-order valence-electron chi connectivity index (χ2n) is 6.13. The number of halogens is 2. The molecular weight excluding hydrogens is 261 g/mol. The van der Waals surface area contributed by atoms with Crippen molar-refractivity contribution >= 4 is 6.91 Å². The molecule has 0 radical (unpaired) electrons. The van der Waals surface area contributed by atoms with E-state index in [1.54, 1.807) is 0 Å². The average molecular weight is 298 g/mol. The molecule has 120 valence electrons. The van der Waals surface area contributed by atoms with E-state index in [1.807, 2.05) is 0 Å². The summed E-state index contributed by atoms with van der Waals surface area (Å²) in [5.41, 5.74) is 0. The van der Waals surface area contributed by atoms with Gasteiger partial charge in [0.05, 0.1) is 0 Å². The van der Waals surface area contributed by atoms with Crippen LogP contribution in [0.1, 0.15) is 79.1 Å². The SMILES string of the molecule is CCCCP(F)(CCCC)(CCCC)CCCC.F. The fourth-order valence-corrected chi connectivity index (χ4v) is 8.65. The van der Waals surface area contributed by atoms with Crippen LogP contribution in [0.3, 0.4) is 0 Å². The molecule has 0 saturated carbocycles. The summed E-state index contributed by atoms with van der Waals surface area (Å²) in [5.74, 6) is 0. The third kappa shape index (κ3) is 8.23. The van der Waals surface area contributed by atoms with Crippen LogP contribution in [0.15, 0.2) is 0 Å². The Morgan fingerprint density at radius 1 is 0.579 bits per heavy atom. The van der Waals surface area contributed by atoms with Crippen molar-refractivity contribution in [1.82, 2.24) is 0 Å². The monoisotopic (exact) mass is 298 g/mol. The quantitative estimate of drug-likeness (QED) is 0.348. The molecule has 0 rings (SSSR count). The predicted octanol–water partition coefficient (Wildman–Crippen LogP) is 6.78. The van der Waals surface area contributed by atoms with Gasteiger partial charge in [-0.2, -0.15) is 0 Å². The molecule has 0 bridgehead atoms. The van der Waals surface area contributed by atoms with Gasteiger partial charge in [-0.15, -0.1) is 0 Å². The number of unbranched alkanes of at least 4 members (excludes halogenated alkanes) is 4. The molecule has 0 aliphatic heterocycles. The fourth-order valence-electron chi connectivity index (χ4n) is 2.88. The normalized spacial score (nSPS) is 13.6. The van der Waals surface area contributed by atoms with Crippen molar-refractivity contribution in [1.29, 1.82) is 0 Å². The van der Waals surface area contributed by atoms with E-state index in [4.69, 9.17) is 0 Å². The van der Waals surface area contributed by atoms with E-state index in [0.29, 0.717) is 0 Å². The Bertz CT molecular complexity index is 163. The summed E-state index contributed by atoms with van der Waals surface area (Å²) in [5, 5.41) is 0. The van der Waals surface area contributed by atoms with Crippen LogP contribution in [0.25, 0.3) is 0 Å². The first-order valence-corrected chi connectivity index (χ1v) is 11.1. The molecule has 3 heteroatoms. The standard InChI is InChI=1S/C16H36FP.FH/c1-5-9-13-18(17,14-10-6-2,15-11-7-3)16-12-8-4;/h5-16H2,1-4H3;1H. The van der Waals surface area contributed by atoms with Gasteiger partial charge in [0, 0.05) is 0 Å². The maximum Gasteiger partial charge on any atom is -0.269 e. The Morgan fingerprint density at radius 3 is 0.947 bits per heavy atom. The molecule has 0 amide bonds. The number of hydrogen-bond acceptors (Lipinski definition) is 0. The Labute approximate surface area is 120 Å². The van der Waals surface area contributed by atoms with E-state index < -0.39 is 6.91 Å². The smallest absolute Gasteiger partial charge is 0.269 e.